The third-order valence-electron chi connectivity index (χ3n) is 3.88. The number of nitro groups is 1. The number of carbonyl (C=O) groups is 2. The van der Waals surface area contributed by atoms with E-state index in [1.54, 1.807) is 36.4 Å². The number of ether oxygens (including phenoxy) is 2. The fraction of sp³-hybridized carbons (Fsp3) is 0.0476. The minimum absolute atomic E-state index is 0.0400. The van der Waals surface area contributed by atoms with Crippen LogP contribution in [-0.4, -0.2) is 23.3 Å². The van der Waals surface area contributed by atoms with Crippen LogP contribution >= 0.6 is 11.6 Å². The highest BCUT2D eigenvalue weighted by Gasteiger charge is 2.14. The largest absolute Gasteiger partial charge is 0.457 e. The molecule has 146 valence electrons. The molecule has 0 atom stereocenters. The zero-order valence-corrected chi connectivity index (χ0v) is 15.7. The van der Waals surface area contributed by atoms with E-state index in [4.69, 9.17) is 21.1 Å². The first-order chi connectivity index (χ1) is 13.9. The number of rotatable bonds is 7. The fourth-order valence-electron chi connectivity index (χ4n) is 2.41. The predicted octanol–water partition coefficient (Wildman–Crippen LogP) is 5.08. The molecule has 0 aliphatic rings. The molecule has 7 nitrogen and oxygen atoms in total. The molecule has 0 amide bonds. The molecule has 0 bridgehead atoms. The van der Waals surface area contributed by atoms with Crippen LogP contribution in [0.1, 0.15) is 20.7 Å². The number of non-ortho nitro benzene ring substituents is 1. The van der Waals surface area contributed by atoms with Gasteiger partial charge in [-0.05, 0) is 48.5 Å². The summed E-state index contributed by atoms with van der Waals surface area (Å²) in [6.07, 6.45) is 0. The van der Waals surface area contributed by atoms with Crippen LogP contribution in [0, 0.1) is 10.1 Å². The molecule has 0 saturated heterocycles. The second-order valence-electron chi connectivity index (χ2n) is 5.86. The standard InChI is InChI=1S/C21H14ClNO6/c22-19-4-2-1-3-18(19)20(24)13-28-21(25)14-5-9-16(10-6-14)29-17-11-7-15(8-12-17)23(26)27/h1-12H,13H2. The first kappa shape index (κ1) is 20.0. The topological polar surface area (TPSA) is 95.7 Å². The molecule has 3 rings (SSSR count). The molecule has 0 aliphatic carbocycles. The Labute approximate surface area is 170 Å². The van der Waals surface area contributed by atoms with Crippen LogP contribution in [0.3, 0.4) is 0 Å². The van der Waals surface area contributed by atoms with Crippen molar-refractivity contribution in [3.8, 4) is 11.5 Å². The quantitative estimate of drug-likeness (QED) is 0.233. The summed E-state index contributed by atoms with van der Waals surface area (Å²) in [7, 11) is 0. The molecule has 0 aromatic heterocycles. The number of halogens is 1. The molecule has 0 unspecified atom stereocenters. The van der Waals surface area contributed by atoms with Crippen LogP contribution in [0.25, 0.3) is 0 Å². The van der Waals surface area contributed by atoms with E-state index in [0.29, 0.717) is 16.5 Å². The van der Waals surface area contributed by atoms with Crippen molar-refractivity contribution in [2.45, 2.75) is 0 Å². The predicted molar refractivity (Wildman–Crippen MR) is 106 cm³/mol. The molecule has 29 heavy (non-hydrogen) atoms. The Morgan fingerprint density at radius 2 is 1.48 bits per heavy atom. The van der Waals surface area contributed by atoms with Crippen LogP contribution in [0.4, 0.5) is 5.69 Å². The molecule has 0 heterocycles. The minimum Gasteiger partial charge on any atom is -0.457 e. The van der Waals surface area contributed by atoms with Crippen molar-refractivity contribution in [3.05, 3.63) is 99.1 Å². The summed E-state index contributed by atoms with van der Waals surface area (Å²) in [6.45, 7) is -0.427. The van der Waals surface area contributed by atoms with Crippen molar-refractivity contribution in [2.24, 2.45) is 0 Å². The number of carbonyl (C=O) groups excluding carboxylic acids is 2. The summed E-state index contributed by atoms with van der Waals surface area (Å²) in [5, 5.41) is 11.0. The van der Waals surface area contributed by atoms with E-state index in [0.717, 1.165) is 0 Å². The van der Waals surface area contributed by atoms with Crippen molar-refractivity contribution < 1.29 is 24.0 Å². The Balaban J connectivity index is 1.58. The maximum absolute atomic E-state index is 12.1. The van der Waals surface area contributed by atoms with Crippen molar-refractivity contribution in [3.63, 3.8) is 0 Å². The molecule has 8 heteroatoms. The van der Waals surface area contributed by atoms with Crippen LogP contribution in [0.5, 0.6) is 11.5 Å². The van der Waals surface area contributed by atoms with Gasteiger partial charge in [0.1, 0.15) is 11.5 Å². The van der Waals surface area contributed by atoms with E-state index in [1.807, 2.05) is 0 Å². The Morgan fingerprint density at radius 1 is 0.897 bits per heavy atom. The van der Waals surface area contributed by atoms with Gasteiger partial charge in [0.2, 0.25) is 5.78 Å². The maximum atomic E-state index is 12.1. The molecule has 0 saturated carbocycles. The SMILES string of the molecule is O=C(OCC(=O)c1ccccc1Cl)c1ccc(Oc2ccc([N+](=O)[O-])cc2)cc1. The highest BCUT2D eigenvalue weighted by molar-refractivity contribution is 6.34. The normalized spacial score (nSPS) is 10.2. The summed E-state index contributed by atoms with van der Waals surface area (Å²) >= 11 is 5.95. The van der Waals surface area contributed by atoms with Gasteiger partial charge in [-0.1, -0.05) is 23.7 Å². The van der Waals surface area contributed by atoms with E-state index in [1.165, 1.54) is 36.4 Å². The first-order valence-electron chi connectivity index (χ1n) is 8.41. The summed E-state index contributed by atoms with van der Waals surface area (Å²) < 4.78 is 10.6. The molecule has 0 fully saturated rings. The summed E-state index contributed by atoms with van der Waals surface area (Å²) in [4.78, 5) is 34.4. The van der Waals surface area contributed by atoms with Gasteiger partial charge in [-0.3, -0.25) is 14.9 Å². The lowest BCUT2D eigenvalue weighted by atomic mass is 10.1. The molecular formula is C21H14ClNO6. The number of hydrogen-bond donors (Lipinski definition) is 0. The number of benzene rings is 3. The van der Waals surface area contributed by atoms with Gasteiger partial charge < -0.3 is 9.47 Å². The molecule has 0 aliphatic heterocycles. The third kappa shape index (κ3) is 5.18. The number of nitrogens with zero attached hydrogens (tertiary/aromatic N) is 1. The van der Waals surface area contributed by atoms with Crippen molar-refractivity contribution in [1.82, 2.24) is 0 Å². The molecule has 3 aromatic rings. The smallest absolute Gasteiger partial charge is 0.338 e. The Morgan fingerprint density at radius 3 is 2.07 bits per heavy atom. The average molecular weight is 412 g/mol. The lowest BCUT2D eigenvalue weighted by Crippen LogP contribution is -2.14. The number of esters is 1. The second-order valence-corrected chi connectivity index (χ2v) is 6.26. The van der Waals surface area contributed by atoms with Crippen LogP contribution in [0.2, 0.25) is 5.02 Å². The molecule has 3 aromatic carbocycles. The van der Waals surface area contributed by atoms with Crippen molar-refractivity contribution in [2.75, 3.05) is 6.61 Å². The van der Waals surface area contributed by atoms with Crippen LogP contribution in [-0.2, 0) is 4.74 Å². The van der Waals surface area contributed by atoms with Crippen LogP contribution in [0.15, 0.2) is 72.8 Å². The molecular weight excluding hydrogens is 398 g/mol. The second kappa shape index (κ2) is 8.99. The van der Waals surface area contributed by atoms with Gasteiger partial charge in [0, 0.05) is 17.7 Å². The van der Waals surface area contributed by atoms with Gasteiger partial charge in [0.25, 0.3) is 5.69 Å². The minimum atomic E-state index is -0.660. The van der Waals surface area contributed by atoms with Crippen LogP contribution < -0.4 is 4.74 Å². The number of Topliss-reactive ketones (excluding diaryl/α,β-unsaturated/α-hetero) is 1. The Hall–Kier alpha value is -3.71. The molecule has 0 N–H and O–H groups in total. The van der Waals surface area contributed by atoms with Crippen molar-refractivity contribution in [1.29, 1.82) is 0 Å². The van der Waals surface area contributed by atoms with Gasteiger partial charge in [-0.15, -0.1) is 0 Å². The van der Waals surface area contributed by atoms with Crippen molar-refractivity contribution >= 4 is 29.0 Å². The van der Waals surface area contributed by atoms with E-state index in [2.05, 4.69) is 0 Å². The van der Waals surface area contributed by atoms with Gasteiger partial charge >= 0.3 is 5.97 Å². The number of hydrogen-bond acceptors (Lipinski definition) is 6. The van der Waals surface area contributed by atoms with E-state index >= 15 is 0 Å². The highest BCUT2D eigenvalue weighted by atomic mass is 35.5. The zero-order chi connectivity index (χ0) is 20.8. The van der Waals surface area contributed by atoms with Gasteiger partial charge in [0.15, 0.2) is 6.61 Å². The number of nitro benzene ring substituents is 1. The van der Waals surface area contributed by atoms with Gasteiger partial charge in [0.05, 0.1) is 15.5 Å². The molecule has 0 radical (unpaired) electrons. The fourth-order valence-corrected chi connectivity index (χ4v) is 2.65. The zero-order valence-electron chi connectivity index (χ0n) is 14.9. The van der Waals surface area contributed by atoms with E-state index in [-0.39, 0.29) is 16.8 Å². The molecule has 0 spiro atoms. The summed E-state index contributed by atoms with van der Waals surface area (Å²) in [5.41, 5.74) is 0.489. The third-order valence-corrected chi connectivity index (χ3v) is 4.21. The summed E-state index contributed by atoms with van der Waals surface area (Å²) in [5.74, 6) is -0.215. The number of ketones is 1. The van der Waals surface area contributed by atoms with E-state index < -0.39 is 23.3 Å². The van der Waals surface area contributed by atoms with Gasteiger partial charge in [-0.2, -0.15) is 0 Å². The first-order valence-corrected chi connectivity index (χ1v) is 8.79. The monoisotopic (exact) mass is 411 g/mol. The average Bonchev–Trinajstić information content (AvgIpc) is 2.73. The lowest BCUT2D eigenvalue weighted by molar-refractivity contribution is -0.384. The Kier molecular flexibility index (Phi) is 6.21. The highest BCUT2D eigenvalue weighted by Crippen LogP contribution is 2.24. The Bertz CT molecular complexity index is 1050. The van der Waals surface area contributed by atoms with E-state index in [9.17, 15) is 19.7 Å². The summed E-state index contributed by atoms with van der Waals surface area (Å²) in [6, 6.07) is 18.2. The lowest BCUT2D eigenvalue weighted by Gasteiger charge is -2.08. The maximum Gasteiger partial charge on any atom is 0.338 e. The van der Waals surface area contributed by atoms with Gasteiger partial charge in [-0.25, -0.2) is 4.79 Å².